The van der Waals surface area contributed by atoms with Crippen molar-refractivity contribution >= 4 is 17.7 Å². The summed E-state index contributed by atoms with van der Waals surface area (Å²) in [5.74, 6) is 0.0886. The van der Waals surface area contributed by atoms with E-state index in [9.17, 15) is 14.4 Å². The van der Waals surface area contributed by atoms with Gasteiger partial charge in [-0.05, 0) is 89.0 Å². The van der Waals surface area contributed by atoms with Gasteiger partial charge in [-0.1, -0.05) is 55.9 Å². The molecule has 0 aromatic rings. The molecule has 0 spiro atoms. The Morgan fingerprint density at radius 2 is 1.93 bits per heavy atom. The molecule has 3 aliphatic rings. The quantitative estimate of drug-likeness (QED) is 0.125. The molecular weight excluding hydrogens is 566 g/mol. The second-order valence-electron chi connectivity index (χ2n) is 13.0. The van der Waals surface area contributed by atoms with Gasteiger partial charge in [-0.15, -0.1) is 0 Å². The highest BCUT2D eigenvalue weighted by Gasteiger charge is 2.37. The highest BCUT2D eigenvalue weighted by atomic mass is 16.5. The maximum Gasteiger partial charge on any atom is 0.243 e. The minimum atomic E-state index is -0.733. The third kappa shape index (κ3) is 12.9. The molecule has 1 aliphatic heterocycles. The van der Waals surface area contributed by atoms with Crippen LogP contribution in [0.1, 0.15) is 91.4 Å². The Bertz CT molecular complexity index is 1060. The summed E-state index contributed by atoms with van der Waals surface area (Å²) in [6.07, 6.45) is 22.9. The SMILES string of the molecule is CCC(CC)C(=O)N1CCCC1C(=O)N[C@H](C/C(C)=C/C[C@@H]1CC=CCC1)C(=O)NCC(N)CNCCOCC1=CC=CCC1. The molecule has 3 rings (SSSR count). The lowest BCUT2D eigenvalue weighted by Crippen LogP contribution is -2.55. The summed E-state index contributed by atoms with van der Waals surface area (Å²) in [5.41, 5.74) is 8.70. The van der Waals surface area contributed by atoms with Gasteiger partial charge >= 0.3 is 0 Å². The number of hydrogen-bond acceptors (Lipinski definition) is 6. The topological polar surface area (TPSA) is 126 Å². The highest BCUT2D eigenvalue weighted by Crippen LogP contribution is 2.24. The van der Waals surface area contributed by atoms with Crippen molar-refractivity contribution in [3.05, 3.63) is 47.6 Å². The lowest BCUT2D eigenvalue weighted by atomic mass is 9.90. The summed E-state index contributed by atoms with van der Waals surface area (Å²) in [4.78, 5) is 41.9. The molecule has 45 heavy (non-hydrogen) atoms. The monoisotopic (exact) mass is 625 g/mol. The molecule has 0 aromatic heterocycles. The molecule has 2 aliphatic carbocycles. The molecule has 2 unspecified atom stereocenters. The fourth-order valence-corrected chi connectivity index (χ4v) is 6.33. The van der Waals surface area contributed by atoms with E-state index in [1.165, 1.54) is 12.0 Å². The zero-order chi connectivity index (χ0) is 32.4. The molecule has 9 nitrogen and oxygen atoms in total. The molecule has 5 N–H and O–H groups in total. The smallest absolute Gasteiger partial charge is 0.243 e. The molecular formula is C36H59N5O4. The van der Waals surface area contributed by atoms with Crippen molar-refractivity contribution in [3.63, 3.8) is 0 Å². The zero-order valence-corrected chi connectivity index (χ0v) is 28.0. The van der Waals surface area contributed by atoms with Gasteiger partial charge in [0.1, 0.15) is 12.1 Å². The summed E-state index contributed by atoms with van der Waals surface area (Å²) >= 11 is 0. The van der Waals surface area contributed by atoms with Gasteiger partial charge in [0.25, 0.3) is 0 Å². The van der Waals surface area contributed by atoms with Gasteiger partial charge in [-0.25, -0.2) is 0 Å². The Balaban J connectivity index is 1.52. The van der Waals surface area contributed by atoms with Gasteiger partial charge in [0.05, 0.1) is 13.2 Å². The van der Waals surface area contributed by atoms with Crippen LogP contribution in [-0.4, -0.2) is 80.1 Å². The van der Waals surface area contributed by atoms with Gasteiger partial charge in [-0.3, -0.25) is 14.4 Å². The number of nitrogens with zero attached hydrogens (tertiary/aromatic N) is 1. The predicted octanol–water partition coefficient (Wildman–Crippen LogP) is 4.31. The van der Waals surface area contributed by atoms with Crippen LogP contribution in [0.4, 0.5) is 0 Å². The van der Waals surface area contributed by atoms with Crippen molar-refractivity contribution in [3.8, 4) is 0 Å². The van der Waals surface area contributed by atoms with Crippen molar-refractivity contribution < 1.29 is 19.1 Å². The summed E-state index contributed by atoms with van der Waals surface area (Å²) < 4.78 is 5.76. The third-order valence-electron chi connectivity index (χ3n) is 9.27. The number of ether oxygens (including phenoxy) is 1. The number of amides is 3. The van der Waals surface area contributed by atoms with Crippen molar-refractivity contribution in [2.75, 3.05) is 39.4 Å². The van der Waals surface area contributed by atoms with Gasteiger partial charge < -0.3 is 31.3 Å². The fraction of sp³-hybridized carbons (Fsp3) is 0.694. The van der Waals surface area contributed by atoms with E-state index in [0.717, 1.165) is 56.9 Å². The van der Waals surface area contributed by atoms with Crippen LogP contribution in [0.2, 0.25) is 0 Å². The van der Waals surface area contributed by atoms with Crippen LogP contribution < -0.4 is 21.7 Å². The summed E-state index contributed by atoms with van der Waals surface area (Å²) in [6, 6.07) is -1.55. The van der Waals surface area contributed by atoms with E-state index in [4.69, 9.17) is 10.5 Å². The lowest BCUT2D eigenvalue weighted by Gasteiger charge is -2.29. The van der Waals surface area contributed by atoms with Gasteiger partial charge in [0.15, 0.2) is 0 Å². The van der Waals surface area contributed by atoms with Crippen LogP contribution in [0.3, 0.4) is 0 Å². The van der Waals surface area contributed by atoms with Gasteiger partial charge in [0, 0.05) is 38.1 Å². The van der Waals surface area contributed by atoms with Crippen LogP contribution in [-0.2, 0) is 19.1 Å². The maximum atomic E-state index is 13.6. The number of carbonyl (C=O) groups is 3. The molecule has 0 aromatic carbocycles. The summed E-state index contributed by atoms with van der Waals surface area (Å²) in [7, 11) is 0. The fourth-order valence-electron chi connectivity index (χ4n) is 6.33. The first-order valence-electron chi connectivity index (χ1n) is 17.4. The van der Waals surface area contributed by atoms with E-state index in [1.807, 2.05) is 20.8 Å². The highest BCUT2D eigenvalue weighted by molar-refractivity contribution is 5.93. The van der Waals surface area contributed by atoms with E-state index >= 15 is 0 Å². The van der Waals surface area contributed by atoms with Crippen molar-refractivity contribution in [2.24, 2.45) is 17.6 Å². The maximum absolute atomic E-state index is 13.6. The molecule has 1 fully saturated rings. The van der Waals surface area contributed by atoms with E-state index in [-0.39, 0.29) is 36.2 Å². The lowest BCUT2D eigenvalue weighted by molar-refractivity contribution is -0.142. The van der Waals surface area contributed by atoms with E-state index in [0.29, 0.717) is 51.6 Å². The number of nitrogens with two attached hydrogens (primary N) is 1. The van der Waals surface area contributed by atoms with Crippen LogP contribution in [0.5, 0.6) is 0 Å². The molecule has 3 amide bonds. The van der Waals surface area contributed by atoms with Crippen LogP contribution in [0.25, 0.3) is 0 Å². The van der Waals surface area contributed by atoms with Crippen LogP contribution in [0.15, 0.2) is 47.6 Å². The zero-order valence-electron chi connectivity index (χ0n) is 28.0. The van der Waals surface area contributed by atoms with E-state index in [1.54, 1.807) is 4.90 Å². The van der Waals surface area contributed by atoms with Gasteiger partial charge in [-0.2, -0.15) is 0 Å². The summed E-state index contributed by atoms with van der Waals surface area (Å²) in [5, 5.41) is 9.30. The van der Waals surface area contributed by atoms with Crippen molar-refractivity contribution in [1.82, 2.24) is 20.9 Å². The number of hydrogen-bond donors (Lipinski definition) is 4. The van der Waals surface area contributed by atoms with Gasteiger partial charge in [0.2, 0.25) is 17.7 Å². The molecule has 4 atom stereocenters. The summed E-state index contributed by atoms with van der Waals surface area (Å²) in [6.45, 7) is 9.39. The number of nitrogens with one attached hydrogen (secondary N) is 3. The second kappa shape index (κ2) is 20.4. The Morgan fingerprint density at radius 1 is 1.11 bits per heavy atom. The first-order chi connectivity index (χ1) is 21.8. The van der Waals surface area contributed by atoms with Crippen molar-refractivity contribution in [1.29, 1.82) is 0 Å². The largest absolute Gasteiger partial charge is 0.376 e. The molecule has 1 heterocycles. The minimum Gasteiger partial charge on any atom is -0.376 e. The molecule has 252 valence electrons. The number of likely N-dealkylation sites (tertiary alicyclic amines) is 1. The minimum absolute atomic E-state index is 0.0448. The Hall–Kier alpha value is -2.75. The van der Waals surface area contributed by atoms with E-state index < -0.39 is 12.1 Å². The Morgan fingerprint density at radius 3 is 2.64 bits per heavy atom. The number of allylic oxidation sites excluding steroid dienone is 6. The molecule has 9 heteroatoms. The van der Waals surface area contributed by atoms with Crippen LogP contribution in [0, 0.1) is 11.8 Å². The molecule has 0 radical (unpaired) electrons. The van der Waals surface area contributed by atoms with Crippen molar-refractivity contribution in [2.45, 2.75) is 110 Å². The standard InChI is InChI=1S/C36H59N5O4/c1-4-30(5-2)36(44)41-21-12-17-33(41)35(43)40-32(23-27(3)18-19-28-13-8-6-9-14-28)34(42)39-25-31(37)24-38-20-22-45-26-29-15-10-7-11-16-29/h6-8,10,15,18,28,30-33,38H,4-5,9,11-14,16-17,19-26,37H2,1-3H3,(H,39,42)(H,40,43)/b27-18+/t28-,31?,32-,33?/m1/s1. The first kappa shape index (κ1) is 36.7. The third-order valence-corrected chi connectivity index (χ3v) is 9.27. The second-order valence-corrected chi connectivity index (χ2v) is 13.0. The molecule has 1 saturated heterocycles. The Labute approximate surface area is 271 Å². The average molecular weight is 626 g/mol. The first-order valence-corrected chi connectivity index (χ1v) is 17.4. The number of carbonyl (C=O) groups excluding carboxylic acids is 3. The molecule has 0 saturated carbocycles. The Kier molecular flexibility index (Phi) is 16.6. The normalized spacial score (nSPS) is 21.5. The van der Waals surface area contributed by atoms with E-state index in [2.05, 4.69) is 52.4 Å². The number of rotatable bonds is 19. The predicted molar refractivity (Wildman–Crippen MR) is 181 cm³/mol. The van der Waals surface area contributed by atoms with Crippen LogP contribution >= 0.6 is 0 Å². The molecule has 0 bridgehead atoms. The average Bonchev–Trinajstić information content (AvgIpc) is 3.56.